The molecule has 1 aromatic rings. The molecule has 8 heteroatoms. The summed E-state index contributed by atoms with van der Waals surface area (Å²) >= 11 is 4.80. The smallest absolute Gasteiger partial charge is 0.481 e. The van der Waals surface area contributed by atoms with Gasteiger partial charge in [-0.15, -0.1) is 0 Å². The third-order valence-corrected chi connectivity index (χ3v) is 1.54. The van der Waals surface area contributed by atoms with Crippen molar-refractivity contribution in [3.63, 3.8) is 0 Å². The van der Waals surface area contributed by atoms with Crippen LogP contribution in [0.3, 0.4) is 0 Å². The first-order valence-corrected chi connectivity index (χ1v) is 3.44. The second kappa shape index (κ2) is 8.16. The van der Waals surface area contributed by atoms with Crippen molar-refractivity contribution in [2.45, 2.75) is 12.8 Å². The summed E-state index contributed by atoms with van der Waals surface area (Å²) in [5, 5.41) is 17.1. The van der Waals surface area contributed by atoms with Gasteiger partial charge in [0, 0.05) is 6.42 Å². The number of rotatable bonds is 3. The summed E-state index contributed by atoms with van der Waals surface area (Å²) in [7, 11) is 0. The molecule has 0 fully saturated rings. The Morgan fingerprint density at radius 1 is 1.54 bits per heavy atom. The van der Waals surface area contributed by atoms with Crippen LogP contribution in [0.2, 0.25) is 0 Å². The molecule has 0 aromatic carbocycles. The molecule has 0 saturated carbocycles. The fourth-order valence-electron chi connectivity index (χ4n) is 0.664. The van der Waals surface area contributed by atoms with Crippen molar-refractivity contribution in [1.82, 2.24) is 15.4 Å². The molecule has 0 amide bonds. The number of carboxylic acid groups (broad SMARTS) is 1. The van der Waals surface area contributed by atoms with E-state index in [1.807, 2.05) is 0 Å². The number of hydrogen-bond acceptors (Lipinski definition) is 3. The van der Waals surface area contributed by atoms with Crippen LogP contribution in [0.4, 0.5) is 0 Å². The molecule has 13 heavy (non-hydrogen) atoms. The van der Waals surface area contributed by atoms with Gasteiger partial charge in [0.1, 0.15) is 4.64 Å². The van der Waals surface area contributed by atoms with Crippen molar-refractivity contribution in [1.29, 1.82) is 0 Å². The fourth-order valence-corrected chi connectivity index (χ4v) is 0.857. The third-order valence-electron chi connectivity index (χ3n) is 1.20. The monoisotopic (exact) mass is 219 g/mol. The molecule has 1 rings (SSSR count). The Balaban J connectivity index is 0. The topological polar surface area (TPSA) is 81.8 Å². The van der Waals surface area contributed by atoms with E-state index in [1.54, 1.807) is 0 Å². The second-order valence-corrected chi connectivity index (χ2v) is 2.43. The van der Waals surface area contributed by atoms with Crippen LogP contribution < -0.4 is 59.1 Å². The van der Waals surface area contributed by atoms with Crippen LogP contribution in [0.5, 0.6) is 0 Å². The van der Waals surface area contributed by atoms with Crippen molar-refractivity contribution in [2.24, 2.45) is 0 Å². The van der Waals surface area contributed by atoms with Gasteiger partial charge in [0.2, 0.25) is 0 Å². The van der Waals surface area contributed by atoms with Crippen LogP contribution in [0.25, 0.3) is 0 Å². The Morgan fingerprint density at radius 3 is 2.54 bits per heavy atom. The Bertz CT molecular complexity index is 311. The quantitative estimate of drug-likeness (QED) is 0.350. The van der Waals surface area contributed by atoms with Gasteiger partial charge >= 0.3 is 65.1 Å². The third kappa shape index (κ3) is 6.01. The van der Waals surface area contributed by atoms with Crippen LogP contribution in [0.1, 0.15) is 12.1 Å². The number of H-pyrrole nitrogens is 2. The van der Waals surface area contributed by atoms with Gasteiger partial charge < -0.3 is 5.11 Å². The van der Waals surface area contributed by atoms with Crippen LogP contribution in [0.15, 0.2) is 0 Å². The number of nitrogens with one attached hydrogen (secondary N) is 2. The first-order valence-electron chi connectivity index (χ1n) is 3.04. The van der Waals surface area contributed by atoms with Crippen molar-refractivity contribution in [3.8, 4) is 0 Å². The van der Waals surface area contributed by atoms with Gasteiger partial charge in [-0.1, -0.05) is 12.2 Å². The molecule has 0 saturated heterocycles. The predicted molar refractivity (Wildman–Crippen MR) is 39.7 cm³/mol. The van der Waals surface area contributed by atoms with E-state index in [0.717, 1.165) is 0 Å². The summed E-state index contributed by atoms with van der Waals surface area (Å²) in [5.74, 6) is -0.845. The minimum atomic E-state index is -0.845. The number of nitrogens with zero attached hydrogens (tertiary/aromatic N) is 1. The number of aromatic amines is 2. The van der Waals surface area contributed by atoms with Gasteiger partial charge in [0.25, 0.3) is 0 Å². The van der Waals surface area contributed by atoms with Gasteiger partial charge in [0.05, 0.1) is 12.1 Å². The SMILES string of the molecule is O=C(O)CCc1n[nH][nH]c1=S.[Na+].[Na+]. The summed E-state index contributed by atoms with van der Waals surface area (Å²) in [6.07, 6.45) is 0.427. The maximum Gasteiger partial charge on any atom is 1.00 e. The standard InChI is InChI=1S/C5H7N3O2S.2Na/c9-4(10)2-1-3-5(11)7-8-6-3;;/h1-2H2,(H,9,10)(H2,6,7,8,11);;/q;2*+1. The van der Waals surface area contributed by atoms with Gasteiger partial charge in [-0.05, 0) is 0 Å². The van der Waals surface area contributed by atoms with E-state index in [4.69, 9.17) is 17.3 Å². The number of aryl methyl sites for hydroxylation is 1. The van der Waals surface area contributed by atoms with E-state index in [1.165, 1.54) is 0 Å². The number of hydrogen-bond donors (Lipinski definition) is 3. The minimum absolute atomic E-state index is 0. The Morgan fingerprint density at radius 2 is 2.15 bits per heavy atom. The maximum atomic E-state index is 10.1. The molecule has 0 aliphatic heterocycles. The molecule has 0 spiro atoms. The van der Waals surface area contributed by atoms with Gasteiger partial charge in [0.15, 0.2) is 0 Å². The molecule has 0 aliphatic carbocycles. The number of carboxylic acids is 1. The normalized spacial score (nSPS) is 8.31. The molecule has 1 heterocycles. The molecule has 0 bridgehead atoms. The van der Waals surface area contributed by atoms with E-state index in [0.29, 0.717) is 16.8 Å². The first kappa shape index (κ1) is 16.3. The van der Waals surface area contributed by atoms with Crippen LogP contribution in [-0.2, 0) is 11.2 Å². The van der Waals surface area contributed by atoms with Crippen LogP contribution >= 0.6 is 12.2 Å². The summed E-state index contributed by atoms with van der Waals surface area (Å²) < 4.78 is 0.478. The van der Waals surface area contributed by atoms with E-state index < -0.39 is 5.97 Å². The number of aromatic nitrogens is 3. The molecule has 3 N–H and O–H groups in total. The largest absolute Gasteiger partial charge is 1.00 e. The maximum absolute atomic E-state index is 10.1. The Hall–Kier alpha value is 0.830. The van der Waals surface area contributed by atoms with Gasteiger partial charge in [-0.25, -0.2) is 5.21 Å². The van der Waals surface area contributed by atoms with E-state index >= 15 is 0 Å². The fraction of sp³-hybridized carbons (Fsp3) is 0.400. The zero-order valence-corrected chi connectivity index (χ0v) is 12.4. The second-order valence-electron chi connectivity index (χ2n) is 2.02. The molecular formula is C5H7N3Na2O2S+2. The molecule has 0 aliphatic rings. The van der Waals surface area contributed by atoms with Crippen molar-refractivity contribution < 1.29 is 69.0 Å². The summed E-state index contributed by atoms with van der Waals surface area (Å²) in [6.45, 7) is 0. The van der Waals surface area contributed by atoms with E-state index in [9.17, 15) is 4.79 Å². The molecule has 0 unspecified atom stereocenters. The number of carbonyl (C=O) groups is 1. The Labute approximate surface area is 124 Å². The molecular weight excluding hydrogens is 212 g/mol. The predicted octanol–water partition coefficient (Wildman–Crippen LogP) is -5.51. The number of aliphatic carboxylic acids is 1. The first-order chi connectivity index (χ1) is 5.20. The van der Waals surface area contributed by atoms with Crippen molar-refractivity contribution in [3.05, 3.63) is 10.3 Å². The van der Waals surface area contributed by atoms with E-state index in [-0.39, 0.29) is 65.5 Å². The molecule has 1 aromatic heterocycles. The minimum Gasteiger partial charge on any atom is -0.481 e. The van der Waals surface area contributed by atoms with Crippen LogP contribution in [-0.4, -0.2) is 26.5 Å². The molecule has 60 valence electrons. The summed E-state index contributed by atoms with van der Waals surface area (Å²) in [6, 6.07) is 0. The Kier molecular flexibility index (Phi) is 10.2. The van der Waals surface area contributed by atoms with Crippen molar-refractivity contribution >= 4 is 18.2 Å². The average molecular weight is 219 g/mol. The summed E-state index contributed by atoms with van der Waals surface area (Å²) in [4.78, 5) is 10.1. The zero-order valence-electron chi connectivity index (χ0n) is 7.63. The average Bonchev–Trinajstić information content (AvgIpc) is 2.31. The zero-order chi connectivity index (χ0) is 8.27. The summed E-state index contributed by atoms with van der Waals surface area (Å²) in [5.41, 5.74) is 0.599. The van der Waals surface area contributed by atoms with Gasteiger partial charge in [-0.2, -0.15) is 5.10 Å². The molecule has 5 nitrogen and oxygen atoms in total. The molecule has 0 radical (unpaired) electrons. The molecule has 0 atom stereocenters. The van der Waals surface area contributed by atoms with Gasteiger partial charge in [-0.3, -0.25) is 9.89 Å². The van der Waals surface area contributed by atoms with Crippen LogP contribution in [0, 0.1) is 4.64 Å². The van der Waals surface area contributed by atoms with Crippen molar-refractivity contribution in [2.75, 3.05) is 0 Å². The van der Waals surface area contributed by atoms with E-state index in [2.05, 4.69) is 15.4 Å².